The van der Waals surface area contributed by atoms with E-state index in [0.717, 1.165) is 25.7 Å². The maximum atomic E-state index is 12.3. The van der Waals surface area contributed by atoms with E-state index in [1.165, 1.54) is 10.1 Å². The Morgan fingerprint density at radius 1 is 0.610 bits per heavy atom. The zero-order chi connectivity index (χ0) is 29.9. The summed E-state index contributed by atoms with van der Waals surface area (Å²) in [7, 11) is 0. The van der Waals surface area contributed by atoms with Crippen molar-refractivity contribution in [3.63, 3.8) is 0 Å². The molecule has 2 N–H and O–H groups in total. The number of aromatic hydroxyl groups is 2. The molecule has 2 aromatic carbocycles. The van der Waals surface area contributed by atoms with Crippen LogP contribution in [-0.4, -0.2) is 67.0 Å². The van der Waals surface area contributed by atoms with Crippen LogP contribution in [0, 0.1) is 10.4 Å². The second-order valence-electron chi connectivity index (χ2n) is 13.6. The van der Waals surface area contributed by atoms with Crippen molar-refractivity contribution in [2.24, 2.45) is 9.98 Å². The molecular weight excluding hydrogens is 611 g/mol. The van der Waals surface area contributed by atoms with Gasteiger partial charge in [-0.05, 0) is 105 Å². The number of piperidine rings is 2. The molecule has 0 aliphatic carbocycles. The van der Waals surface area contributed by atoms with Crippen LogP contribution in [0.4, 0.5) is 0 Å². The van der Waals surface area contributed by atoms with Crippen LogP contribution in [0.5, 0.6) is 11.5 Å². The van der Waals surface area contributed by atoms with Crippen molar-refractivity contribution < 1.29 is 30.6 Å². The van der Waals surface area contributed by atoms with E-state index in [9.17, 15) is 20.6 Å². The van der Waals surface area contributed by atoms with Gasteiger partial charge in [-0.15, -0.1) is 0 Å². The summed E-state index contributed by atoms with van der Waals surface area (Å²) in [6.45, 7) is 15.7. The third-order valence-corrected chi connectivity index (χ3v) is 7.86. The Bertz CT molecular complexity index is 1080. The van der Waals surface area contributed by atoms with E-state index in [4.69, 9.17) is 0 Å². The fourth-order valence-corrected chi connectivity index (χ4v) is 6.20. The molecule has 2 aliphatic rings. The molecule has 9 heteroatoms. The van der Waals surface area contributed by atoms with Crippen LogP contribution < -0.4 is 0 Å². The van der Waals surface area contributed by atoms with Crippen molar-refractivity contribution in [2.45, 2.75) is 115 Å². The van der Waals surface area contributed by atoms with Crippen molar-refractivity contribution in [1.29, 1.82) is 0 Å². The largest absolute Gasteiger partial charge is 0.784 e. The molecule has 0 radical (unpaired) electrons. The molecule has 8 nitrogen and oxygen atoms in total. The minimum absolute atomic E-state index is 0. The number of aliphatic imine (C=N–C) groups is 2. The van der Waals surface area contributed by atoms with Crippen LogP contribution in [0.2, 0.25) is 0 Å². The quantitative estimate of drug-likeness (QED) is 0.281. The second kappa shape index (κ2) is 13.5. The molecule has 2 heterocycles. The van der Waals surface area contributed by atoms with Crippen molar-refractivity contribution in [3.8, 4) is 11.5 Å². The Kier molecular flexibility index (Phi) is 11.5. The van der Waals surface area contributed by atoms with Crippen LogP contribution in [0.15, 0.2) is 58.5 Å². The summed E-state index contributed by atoms with van der Waals surface area (Å²) in [4.78, 5) is 9.18. The van der Waals surface area contributed by atoms with Gasteiger partial charge in [0.15, 0.2) is 0 Å². The average molecular weight is 657 g/mol. The first-order valence-corrected chi connectivity index (χ1v) is 14.0. The van der Waals surface area contributed by atoms with Crippen LogP contribution >= 0.6 is 0 Å². The number of nitrogens with zero attached hydrogens (tertiary/aromatic N) is 4. The SMILES string of the molecule is CC1(C)CC(N=Cc2ccccc2O)CC(C)(C)N1[O-].CC1(C)CC(N=Cc2ccccc2O)CC(C)(C)N1[O-].[Pd]. The van der Waals surface area contributed by atoms with E-state index >= 15 is 0 Å². The van der Waals surface area contributed by atoms with E-state index in [0.29, 0.717) is 11.1 Å². The monoisotopic (exact) mass is 656 g/mol. The predicted octanol–water partition coefficient (Wildman–Crippen LogP) is 6.66. The summed E-state index contributed by atoms with van der Waals surface area (Å²) in [6, 6.07) is 14.5. The normalized spacial score (nSPS) is 22.7. The molecule has 0 unspecified atom stereocenters. The molecule has 230 valence electrons. The second-order valence-corrected chi connectivity index (χ2v) is 13.6. The van der Waals surface area contributed by atoms with E-state index < -0.39 is 22.2 Å². The van der Waals surface area contributed by atoms with Gasteiger partial charge in [-0.25, -0.2) is 0 Å². The summed E-state index contributed by atoms with van der Waals surface area (Å²) in [6.07, 6.45) is 6.33. The Morgan fingerprint density at radius 3 is 1.15 bits per heavy atom. The molecule has 0 aromatic heterocycles. The summed E-state index contributed by atoms with van der Waals surface area (Å²) in [5, 5.41) is 46.4. The van der Waals surface area contributed by atoms with E-state index in [2.05, 4.69) is 9.98 Å². The van der Waals surface area contributed by atoms with E-state index in [1.54, 1.807) is 36.7 Å². The Balaban J connectivity index is 0.000000280. The molecule has 41 heavy (non-hydrogen) atoms. The van der Waals surface area contributed by atoms with Gasteiger partial charge in [-0.1, -0.05) is 24.3 Å². The molecule has 2 aliphatic heterocycles. The molecule has 4 rings (SSSR count). The summed E-state index contributed by atoms with van der Waals surface area (Å²) < 4.78 is 0. The Morgan fingerprint density at radius 2 is 0.878 bits per heavy atom. The summed E-state index contributed by atoms with van der Waals surface area (Å²) in [5.74, 6) is 0.465. The number of phenolic OH excluding ortho intramolecular Hbond substituents is 2. The van der Waals surface area contributed by atoms with Crippen molar-refractivity contribution >= 4 is 12.4 Å². The number of para-hydroxylation sites is 2. The van der Waals surface area contributed by atoms with Gasteiger partial charge < -0.3 is 30.8 Å². The molecule has 0 bridgehead atoms. The minimum atomic E-state index is -0.414. The van der Waals surface area contributed by atoms with Gasteiger partial charge in [0.25, 0.3) is 0 Å². The zero-order valence-corrected chi connectivity index (χ0v) is 27.1. The molecule has 0 spiro atoms. The van der Waals surface area contributed by atoms with Crippen molar-refractivity contribution in [1.82, 2.24) is 10.1 Å². The minimum Gasteiger partial charge on any atom is -0.784 e. The third-order valence-electron chi connectivity index (χ3n) is 7.86. The first kappa shape index (κ1) is 35.1. The van der Waals surface area contributed by atoms with Crippen molar-refractivity contribution in [3.05, 3.63) is 70.1 Å². The van der Waals surface area contributed by atoms with Crippen LogP contribution in [-0.2, 0) is 20.4 Å². The van der Waals surface area contributed by atoms with Gasteiger partial charge in [-0.3, -0.25) is 9.98 Å². The molecule has 0 atom stereocenters. The standard InChI is InChI=1S/2C16H23N2O2.Pd/c2*1-15(2)9-13(10-16(3,4)18(15)20)17-11-12-7-5-6-8-14(12)19;/h2*5-8,11,13,19H,9-10H2,1-4H3;/q2*-1;. The Labute approximate surface area is 259 Å². The van der Waals surface area contributed by atoms with Crippen molar-refractivity contribution in [2.75, 3.05) is 0 Å². The molecule has 2 fully saturated rings. The number of rotatable bonds is 4. The average Bonchev–Trinajstić information content (AvgIpc) is 2.85. The number of hydrogen-bond acceptors (Lipinski definition) is 8. The summed E-state index contributed by atoms with van der Waals surface area (Å²) in [5.41, 5.74) is -0.226. The topological polar surface area (TPSA) is 118 Å². The molecule has 2 aromatic rings. The van der Waals surface area contributed by atoms with Crippen LogP contribution in [0.3, 0.4) is 0 Å². The Hall–Kier alpha value is -2.12. The predicted molar refractivity (Wildman–Crippen MR) is 164 cm³/mol. The number of benzene rings is 2. The number of hydrogen-bond donors (Lipinski definition) is 2. The van der Waals surface area contributed by atoms with Gasteiger partial charge in [-0.2, -0.15) is 0 Å². The zero-order valence-electron chi connectivity index (χ0n) is 25.6. The maximum Gasteiger partial charge on any atom is 0.124 e. The fourth-order valence-electron chi connectivity index (χ4n) is 6.20. The first-order chi connectivity index (χ1) is 18.4. The molecule has 0 amide bonds. The van der Waals surface area contributed by atoms with E-state index in [-0.39, 0.29) is 44.0 Å². The molecule has 0 saturated carbocycles. The number of hydroxylamine groups is 4. The summed E-state index contributed by atoms with van der Waals surface area (Å²) >= 11 is 0. The van der Waals surface area contributed by atoms with Gasteiger partial charge in [0.2, 0.25) is 0 Å². The van der Waals surface area contributed by atoms with Crippen LogP contribution in [0.1, 0.15) is 92.2 Å². The molecule has 2 saturated heterocycles. The third kappa shape index (κ3) is 8.94. The smallest absolute Gasteiger partial charge is 0.124 e. The van der Waals surface area contributed by atoms with Gasteiger partial charge in [0, 0.05) is 66.1 Å². The van der Waals surface area contributed by atoms with Gasteiger partial charge in [0.1, 0.15) is 11.5 Å². The fraction of sp³-hybridized carbons (Fsp3) is 0.562. The number of phenols is 2. The molecular formula is C32H46N4O4Pd-2. The first-order valence-electron chi connectivity index (χ1n) is 14.0. The van der Waals surface area contributed by atoms with Gasteiger partial charge in [0.05, 0.1) is 12.1 Å². The van der Waals surface area contributed by atoms with Crippen LogP contribution in [0.25, 0.3) is 0 Å². The van der Waals surface area contributed by atoms with Gasteiger partial charge >= 0.3 is 0 Å². The maximum absolute atomic E-state index is 12.3. The van der Waals surface area contributed by atoms with E-state index in [1.807, 2.05) is 79.7 Å².